The molecule has 0 bridgehead atoms. The number of fused-ring (bicyclic) bond motifs is 1. The minimum absolute atomic E-state index is 0.162. The Kier molecular flexibility index (Phi) is 3.89. The number of aromatic nitrogens is 2. The molecular formula is C17H14N4O3S. The molecule has 0 spiro atoms. The maximum atomic E-state index is 12.6. The van der Waals surface area contributed by atoms with Crippen LogP contribution in [-0.4, -0.2) is 27.9 Å². The molecule has 8 heteroatoms. The maximum absolute atomic E-state index is 12.6. The van der Waals surface area contributed by atoms with Gasteiger partial charge in [-0.2, -0.15) is 0 Å². The van der Waals surface area contributed by atoms with E-state index in [1.165, 1.54) is 21.7 Å². The molecule has 3 amide bonds. The van der Waals surface area contributed by atoms with E-state index in [1.54, 1.807) is 24.3 Å². The third kappa shape index (κ3) is 2.74. The lowest BCUT2D eigenvalue weighted by Crippen LogP contribution is -2.30. The predicted octanol–water partition coefficient (Wildman–Crippen LogP) is 2.25. The van der Waals surface area contributed by atoms with Crippen LogP contribution in [0.25, 0.3) is 0 Å². The summed E-state index contributed by atoms with van der Waals surface area (Å²) in [6.45, 7) is 0. The molecule has 2 aromatic rings. The molecule has 0 saturated carbocycles. The van der Waals surface area contributed by atoms with Crippen molar-refractivity contribution in [3.63, 3.8) is 0 Å². The lowest BCUT2D eigenvalue weighted by atomic mass is 9.85. The summed E-state index contributed by atoms with van der Waals surface area (Å²) in [5.41, 5.74) is 2.44. The van der Waals surface area contributed by atoms with Gasteiger partial charge < -0.3 is 0 Å². The second kappa shape index (κ2) is 6.21. The van der Waals surface area contributed by atoms with E-state index in [1.807, 2.05) is 12.2 Å². The fourth-order valence-electron chi connectivity index (χ4n) is 3.21. The number of allylic oxidation sites excluding steroid dienone is 2. The van der Waals surface area contributed by atoms with Crippen LogP contribution in [0.3, 0.4) is 0 Å². The second-order valence-corrected chi connectivity index (χ2v) is 6.75. The molecule has 2 heterocycles. The monoisotopic (exact) mass is 354 g/mol. The first-order chi connectivity index (χ1) is 12.1. The van der Waals surface area contributed by atoms with E-state index in [-0.39, 0.29) is 29.6 Å². The molecule has 1 fully saturated rings. The zero-order valence-electron chi connectivity index (χ0n) is 13.1. The third-order valence-corrected chi connectivity index (χ3v) is 5.08. The Bertz CT molecular complexity index is 835. The summed E-state index contributed by atoms with van der Waals surface area (Å²) < 4.78 is 0. The number of hydrogen-bond acceptors (Lipinski definition) is 6. The minimum Gasteiger partial charge on any atom is -0.296 e. The summed E-state index contributed by atoms with van der Waals surface area (Å²) in [6, 6.07) is 6.42. The number of imide groups is 1. The van der Waals surface area contributed by atoms with Gasteiger partial charge in [-0.1, -0.05) is 23.5 Å². The van der Waals surface area contributed by atoms with Crippen LogP contribution in [0.4, 0.5) is 10.8 Å². The Morgan fingerprint density at radius 1 is 1.08 bits per heavy atom. The van der Waals surface area contributed by atoms with Gasteiger partial charge >= 0.3 is 0 Å². The second-order valence-electron chi connectivity index (χ2n) is 5.91. The molecule has 1 aliphatic carbocycles. The Morgan fingerprint density at radius 3 is 2.28 bits per heavy atom. The molecule has 1 aromatic heterocycles. The van der Waals surface area contributed by atoms with Crippen molar-refractivity contribution >= 4 is 39.9 Å². The van der Waals surface area contributed by atoms with E-state index in [2.05, 4.69) is 15.5 Å². The number of nitrogens with one attached hydrogen (secondary N) is 1. The number of hydrogen-bond donors (Lipinski definition) is 1. The fraction of sp³-hybridized carbons (Fsp3) is 0.235. The Hall–Kier alpha value is -2.87. The van der Waals surface area contributed by atoms with Gasteiger partial charge in [-0.15, -0.1) is 10.2 Å². The van der Waals surface area contributed by atoms with Crippen molar-refractivity contribution in [2.45, 2.75) is 12.8 Å². The summed E-state index contributed by atoms with van der Waals surface area (Å²) >= 11 is 1.22. The van der Waals surface area contributed by atoms with Gasteiger partial charge in [-0.3, -0.25) is 24.6 Å². The molecule has 2 atom stereocenters. The molecule has 0 radical (unpaired) electrons. The van der Waals surface area contributed by atoms with Gasteiger partial charge in [0.25, 0.3) is 5.91 Å². The van der Waals surface area contributed by atoms with Crippen LogP contribution < -0.4 is 10.2 Å². The quantitative estimate of drug-likeness (QED) is 0.674. The standard InChI is InChI=1S/C17H14N4O3S/c22-14(19-17-20-18-9-25-17)10-5-7-11(8-6-10)21-15(23)12-3-1-2-4-13(12)16(21)24/h1-2,5-9,12-13H,3-4H2,(H,19,20,22). The zero-order valence-corrected chi connectivity index (χ0v) is 13.9. The molecule has 1 aliphatic heterocycles. The Morgan fingerprint density at radius 2 is 1.72 bits per heavy atom. The number of nitrogens with zero attached hydrogens (tertiary/aromatic N) is 3. The smallest absolute Gasteiger partial charge is 0.257 e. The highest BCUT2D eigenvalue weighted by molar-refractivity contribution is 7.13. The van der Waals surface area contributed by atoms with Crippen molar-refractivity contribution in [1.29, 1.82) is 0 Å². The number of rotatable bonds is 3. The molecule has 4 rings (SSSR count). The molecular weight excluding hydrogens is 340 g/mol. The zero-order chi connectivity index (χ0) is 17.4. The summed E-state index contributed by atoms with van der Waals surface area (Å²) in [7, 11) is 0. The summed E-state index contributed by atoms with van der Waals surface area (Å²) in [6.07, 6.45) is 5.12. The molecule has 2 unspecified atom stereocenters. The van der Waals surface area contributed by atoms with Crippen molar-refractivity contribution in [1.82, 2.24) is 10.2 Å². The topological polar surface area (TPSA) is 92.3 Å². The van der Waals surface area contributed by atoms with E-state index in [0.29, 0.717) is 29.2 Å². The van der Waals surface area contributed by atoms with Crippen LogP contribution in [0, 0.1) is 11.8 Å². The number of benzene rings is 1. The lowest BCUT2D eigenvalue weighted by molar-refractivity contribution is -0.122. The summed E-state index contributed by atoms with van der Waals surface area (Å²) in [5.74, 6) is -1.17. The average Bonchev–Trinajstić information content (AvgIpc) is 3.23. The molecule has 2 aliphatic rings. The molecule has 25 heavy (non-hydrogen) atoms. The van der Waals surface area contributed by atoms with E-state index in [4.69, 9.17) is 0 Å². The van der Waals surface area contributed by atoms with Crippen molar-refractivity contribution < 1.29 is 14.4 Å². The van der Waals surface area contributed by atoms with Gasteiger partial charge in [0, 0.05) is 5.56 Å². The number of carbonyl (C=O) groups is 3. The van der Waals surface area contributed by atoms with Crippen LogP contribution in [-0.2, 0) is 9.59 Å². The minimum atomic E-state index is -0.319. The first-order valence-corrected chi connectivity index (χ1v) is 8.73. The van der Waals surface area contributed by atoms with Crippen LogP contribution in [0.5, 0.6) is 0 Å². The van der Waals surface area contributed by atoms with Crippen LogP contribution >= 0.6 is 11.3 Å². The predicted molar refractivity (Wildman–Crippen MR) is 92.2 cm³/mol. The molecule has 7 nitrogen and oxygen atoms in total. The number of carbonyl (C=O) groups excluding carboxylic acids is 3. The van der Waals surface area contributed by atoms with Crippen LogP contribution in [0.1, 0.15) is 23.2 Å². The average molecular weight is 354 g/mol. The van der Waals surface area contributed by atoms with E-state index >= 15 is 0 Å². The van der Waals surface area contributed by atoms with E-state index < -0.39 is 0 Å². The normalized spacial score (nSPS) is 22.2. The summed E-state index contributed by atoms with van der Waals surface area (Å²) in [4.78, 5) is 38.5. The van der Waals surface area contributed by atoms with Gasteiger partial charge in [-0.05, 0) is 37.1 Å². The van der Waals surface area contributed by atoms with E-state index in [9.17, 15) is 14.4 Å². The van der Waals surface area contributed by atoms with Crippen molar-refractivity contribution in [3.05, 3.63) is 47.5 Å². The highest BCUT2D eigenvalue weighted by atomic mass is 32.1. The Labute approximate surface area is 147 Å². The molecule has 126 valence electrons. The third-order valence-electron chi connectivity index (χ3n) is 4.48. The molecule has 1 saturated heterocycles. The molecule has 1 N–H and O–H groups in total. The van der Waals surface area contributed by atoms with Crippen LogP contribution in [0.15, 0.2) is 41.9 Å². The van der Waals surface area contributed by atoms with Crippen molar-refractivity contribution in [2.24, 2.45) is 11.8 Å². The first-order valence-electron chi connectivity index (χ1n) is 7.85. The number of anilines is 2. The van der Waals surface area contributed by atoms with E-state index in [0.717, 1.165) is 0 Å². The summed E-state index contributed by atoms with van der Waals surface area (Å²) in [5, 5.41) is 10.5. The first kappa shape index (κ1) is 15.6. The van der Waals surface area contributed by atoms with Gasteiger partial charge in [0.15, 0.2) is 0 Å². The van der Waals surface area contributed by atoms with Crippen molar-refractivity contribution in [3.8, 4) is 0 Å². The van der Waals surface area contributed by atoms with Gasteiger partial charge in [0.1, 0.15) is 5.51 Å². The number of amides is 3. The largest absolute Gasteiger partial charge is 0.296 e. The van der Waals surface area contributed by atoms with Crippen LogP contribution in [0.2, 0.25) is 0 Å². The van der Waals surface area contributed by atoms with Crippen molar-refractivity contribution in [2.75, 3.05) is 10.2 Å². The fourth-order valence-corrected chi connectivity index (χ4v) is 3.65. The SMILES string of the molecule is O=C(Nc1nncs1)c1ccc(N2C(=O)C3CC=CCC3C2=O)cc1. The highest BCUT2D eigenvalue weighted by Crippen LogP contribution is 2.37. The Balaban J connectivity index is 1.53. The van der Waals surface area contributed by atoms with Gasteiger partial charge in [0.05, 0.1) is 17.5 Å². The maximum Gasteiger partial charge on any atom is 0.257 e. The lowest BCUT2D eigenvalue weighted by Gasteiger charge is -2.15. The molecule has 1 aromatic carbocycles. The van der Waals surface area contributed by atoms with Gasteiger partial charge in [0.2, 0.25) is 16.9 Å². The highest BCUT2D eigenvalue weighted by Gasteiger charge is 2.47. The van der Waals surface area contributed by atoms with Gasteiger partial charge in [-0.25, -0.2) is 0 Å².